The summed E-state index contributed by atoms with van der Waals surface area (Å²) in [6.07, 6.45) is 5.31. The predicted molar refractivity (Wildman–Crippen MR) is 105 cm³/mol. The molecule has 28 heavy (non-hydrogen) atoms. The van der Waals surface area contributed by atoms with Crippen molar-refractivity contribution >= 4 is 22.9 Å². The van der Waals surface area contributed by atoms with E-state index in [1.165, 1.54) is 5.56 Å². The van der Waals surface area contributed by atoms with Gasteiger partial charge >= 0.3 is 5.97 Å². The van der Waals surface area contributed by atoms with Gasteiger partial charge in [-0.3, -0.25) is 4.79 Å². The minimum atomic E-state index is -0.889. The Bertz CT molecular complexity index is 1090. The van der Waals surface area contributed by atoms with Crippen LogP contribution in [0.2, 0.25) is 0 Å². The molecule has 2 aromatic carbocycles. The molecule has 142 valence electrons. The first kappa shape index (κ1) is 17.0. The number of aromatic amines is 1. The molecule has 1 fully saturated rings. The maximum atomic E-state index is 13.3. The van der Waals surface area contributed by atoms with Crippen molar-refractivity contribution in [2.75, 3.05) is 6.54 Å². The number of fused-ring (bicyclic) bond motifs is 4. The molecule has 1 amide bonds. The Kier molecular flexibility index (Phi) is 3.93. The number of piperidine rings is 1. The third kappa shape index (κ3) is 2.68. The lowest BCUT2D eigenvalue weighted by Gasteiger charge is -2.45. The number of carbonyl (C=O) groups is 2. The lowest BCUT2D eigenvalue weighted by atomic mass is 9.74. The maximum Gasteiger partial charge on any atom is 0.335 e. The number of rotatable bonds is 2. The van der Waals surface area contributed by atoms with Crippen LogP contribution in [0.1, 0.15) is 57.0 Å². The summed E-state index contributed by atoms with van der Waals surface area (Å²) in [6.45, 7) is 0.767. The Labute approximate surface area is 162 Å². The molecule has 1 unspecified atom stereocenters. The van der Waals surface area contributed by atoms with Crippen LogP contribution >= 0.6 is 0 Å². The van der Waals surface area contributed by atoms with Gasteiger partial charge in [-0.15, -0.1) is 0 Å². The smallest absolute Gasteiger partial charge is 0.335 e. The number of benzene rings is 2. The Hall–Kier alpha value is -3.15. The van der Waals surface area contributed by atoms with Crippen LogP contribution in [0.25, 0.3) is 11.0 Å². The largest absolute Gasteiger partial charge is 0.478 e. The fourth-order valence-electron chi connectivity index (χ4n) is 4.88. The van der Waals surface area contributed by atoms with Crippen molar-refractivity contribution < 1.29 is 14.7 Å². The first-order chi connectivity index (χ1) is 13.6. The molecule has 2 atom stereocenters. The fourth-order valence-corrected chi connectivity index (χ4v) is 4.88. The number of carbonyl (C=O) groups excluding carboxylic acids is 1. The summed E-state index contributed by atoms with van der Waals surface area (Å²) in [7, 11) is 0. The van der Waals surface area contributed by atoms with Crippen LogP contribution in [-0.2, 0) is 6.42 Å². The highest BCUT2D eigenvalue weighted by molar-refractivity contribution is 5.97. The van der Waals surface area contributed by atoms with E-state index < -0.39 is 5.97 Å². The van der Waals surface area contributed by atoms with Gasteiger partial charge in [0, 0.05) is 24.1 Å². The van der Waals surface area contributed by atoms with Crippen LogP contribution in [-0.4, -0.2) is 44.4 Å². The predicted octanol–water partition coefficient (Wildman–Crippen LogP) is 3.60. The summed E-state index contributed by atoms with van der Waals surface area (Å²) < 4.78 is 0. The quantitative estimate of drug-likeness (QED) is 0.717. The molecule has 0 spiro atoms. The first-order valence-corrected chi connectivity index (χ1v) is 9.72. The van der Waals surface area contributed by atoms with Crippen LogP contribution in [0, 0.1) is 0 Å². The zero-order chi connectivity index (χ0) is 19.3. The normalized spacial score (nSPS) is 21.2. The second-order valence-corrected chi connectivity index (χ2v) is 7.71. The minimum Gasteiger partial charge on any atom is -0.478 e. The highest BCUT2D eigenvalue weighted by Crippen LogP contribution is 2.41. The molecule has 1 aliphatic heterocycles. The van der Waals surface area contributed by atoms with Crippen molar-refractivity contribution in [3.63, 3.8) is 0 Å². The van der Waals surface area contributed by atoms with Crippen molar-refractivity contribution in [3.8, 4) is 0 Å². The van der Waals surface area contributed by atoms with E-state index in [1.807, 2.05) is 29.2 Å². The lowest BCUT2D eigenvalue weighted by Crippen LogP contribution is -2.49. The number of aromatic nitrogens is 2. The number of amides is 1. The standard InChI is InChI=1S/C22H21N3O3/c26-21(14-4-7-18-19(11-14)24-12-23-18)25-9-1-2-17-16-6-3-15(22(27)28)10-13(16)5-8-20(17)25/h3-4,6-7,10-12,17,20H,1-2,5,8-9H2,(H,23,24)(H,27,28)/t17-,20?/m1/s1. The second-order valence-electron chi connectivity index (χ2n) is 7.71. The summed E-state index contributed by atoms with van der Waals surface area (Å²) in [5.41, 5.74) is 5.08. The fraction of sp³-hybridized carbons (Fsp3) is 0.318. The summed E-state index contributed by atoms with van der Waals surface area (Å²) in [5.74, 6) is -0.545. The van der Waals surface area contributed by atoms with E-state index in [0.29, 0.717) is 11.1 Å². The Morgan fingerprint density at radius 2 is 1.96 bits per heavy atom. The molecule has 0 saturated carbocycles. The topological polar surface area (TPSA) is 86.3 Å². The molecule has 5 rings (SSSR count). The van der Waals surface area contributed by atoms with E-state index >= 15 is 0 Å². The van der Waals surface area contributed by atoms with E-state index in [0.717, 1.165) is 48.8 Å². The van der Waals surface area contributed by atoms with Gasteiger partial charge in [0.05, 0.1) is 22.9 Å². The van der Waals surface area contributed by atoms with E-state index in [4.69, 9.17) is 0 Å². The Morgan fingerprint density at radius 3 is 2.82 bits per heavy atom. The van der Waals surface area contributed by atoms with Gasteiger partial charge in [0.25, 0.3) is 5.91 Å². The summed E-state index contributed by atoms with van der Waals surface area (Å²) in [5, 5.41) is 9.26. The van der Waals surface area contributed by atoms with Gasteiger partial charge in [-0.2, -0.15) is 0 Å². The van der Waals surface area contributed by atoms with E-state index in [-0.39, 0.29) is 17.9 Å². The number of carboxylic acids is 1. The summed E-state index contributed by atoms with van der Waals surface area (Å²) in [6, 6.07) is 11.2. The SMILES string of the molecule is O=C(O)c1ccc2c(c1)CCC1[C@@H]2CCCN1C(=O)c1ccc2nc[nH]c2c1. The first-order valence-electron chi connectivity index (χ1n) is 9.72. The van der Waals surface area contributed by atoms with Gasteiger partial charge in [0.15, 0.2) is 0 Å². The molecule has 6 nitrogen and oxygen atoms in total. The number of likely N-dealkylation sites (tertiary alicyclic amines) is 1. The number of aryl methyl sites for hydroxylation is 1. The molecule has 1 aromatic heterocycles. The molecule has 3 aromatic rings. The van der Waals surface area contributed by atoms with Crippen molar-refractivity contribution in [3.05, 3.63) is 65.0 Å². The summed E-state index contributed by atoms with van der Waals surface area (Å²) in [4.78, 5) is 33.9. The molecule has 1 saturated heterocycles. The Morgan fingerprint density at radius 1 is 1.11 bits per heavy atom. The van der Waals surface area contributed by atoms with Crippen molar-refractivity contribution in [1.82, 2.24) is 14.9 Å². The molecule has 1 aliphatic carbocycles. The number of carboxylic acid groups (broad SMARTS) is 1. The number of nitrogens with one attached hydrogen (secondary N) is 1. The number of hydrogen-bond acceptors (Lipinski definition) is 3. The molecule has 2 aliphatic rings. The van der Waals surface area contributed by atoms with Crippen LogP contribution < -0.4 is 0 Å². The van der Waals surface area contributed by atoms with Crippen LogP contribution in [0.3, 0.4) is 0 Å². The van der Waals surface area contributed by atoms with Gasteiger partial charge in [0.2, 0.25) is 0 Å². The molecule has 0 radical (unpaired) electrons. The number of nitrogens with zero attached hydrogens (tertiary/aromatic N) is 2. The average Bonchev–Trinajstić information content (AvgIpc) is 3.20. The number of hydrogen-bond donors (Lipinski definition) is 2. The minimum absolute atomic E-state index is 0.0665. The van der Waals surface area contributed by atoms with Crippen LogP contribution in [0.5, 0.6) is 0 Å². The average molecular weight is 375 g/mol. The molecule has 2 heterocycles. The highest BCUT2D eigenvalue weighted by atomic mass is 16.4. The van der Waals surface area contributed by atoms with Gasteiger partial charge in [-0.1, -0.05) is 6.07 Å². The summed E-state index contributed by atoms with van der Waals surface area (Å²) >= 11 is 0. The number of imidazole rings is 1. The monoisotopic (exact) mass is 375 g/mol. The molecule has 0 bridgehead atoms. The maximum absolute atomic E-state index is 13.3. The highest BCUT2D eigenvalue weighted by Gasteiger charge is 2.38. The molecule has 6 heteroatoms. The molecular weight excluding hydrogens is 354 g/mol. The molecular formula is C22H21N3O3. The number of aromatic carboxylic acids is 1. The van der Waals surface area contributed by atoms with Gasteiger partial charge in [-0.05, 0) is 67.1 Å². The second kappa shape index (κ2) is 6.48. The number of H-pyrrole nitrogens is 1. The van der Waals surface area contributed by atoms with Crippen molar-refractivity contribution in [2.45, 2.75) is 37.6 Å². The third-order valence-electron chi connectivity index (χ3n) is 6.21. The van der Waals surface area contributed by atoms with Crippen molar-refractivity contribution in [2.24, 2.45) is 0 Å². The lowest BCUT2D eigenvalue weighted by molar-refractivity contribution is 0.0547. The zero-order valence-electron chi connectivity index (χ0n) is 15.4. The van der Waals surface area contributed by atoms with Gasteiger partial charge < -0.3 is 15.0 Å². The van der Waals surface area contributed by atoms with Crippen LogP contribution in [0.15, 0.2) is 42.7 Å². The van der Waals surface area contributed by atoms with Crippen molar-refractivity contribution in [1.29, 1.82) is 0 Å². The zero-order valence-corrected chi connectivity index (χ0v) is 15.4. The van der Waals surface area contributed by atoms with E-state index in [2.05, 4.69) is 9.97 Å². The third-order valence-corrected chi connectivity index (χ3v) is 6.21. The van der Waals surface area contributed by atoms with Gasteiger partial charge in [-0.25, -0.2) is 9.78 Å². The Balaban J connectivity index is 1.46. The molecule has 2 N–H and O–H groups in total. The van der Waals surface area contributed by atoms with Gasteiger partial charge in [0.1, 0.15) is 0 Å². The van der Waals surface area contributed by atoms with E-state index in [9.17, 15) is 14.7 Å². The van der Waals surface area contributed by atoms with Crippen LogP contribution in [0.4, 0.5) is 0 Å². The van der Waals surface area contributed by atoms with E-state index in [1.54, 1.807) is 18.5 Å².